The molecule has 17 heavy (non-hydrogen) atoms. The molecule has 2 unspecified atom stereocenters. The Balaban J connectivity index is 1.67. The zero-order valence-corrected chi connectivity index (χ0v) is 10.7. The molecule has 2 saturated carbocycles. The van der Waals surface area contributed by atoms with Crippen molar-refractivity contribution in [3.63, 3.8) is 0 Å². The zero-order chi connectivity index (χ0) is 12.1. The van der Waals surface area contributed by atoms with Gasteiger partial charge in [-0.2, -0.15) is 0 Å². The Morgan fingerprint density at radius 3 is 1.65 bits per heavy atom. The van der Waals surface area contributed by atoms with Gasteiger partial charge < -0.3 is 0 Å². The fraction of sp³-hybridized carbons (Fsp3) is 0.867. The zero-order valence-electron chi connectivity index (χ0n) is 10.7. The van der Waals surface area contributed by atoms with Gasteiger partial charge >= 0.3 is 0 Å². The molecule has 0 aromatic rings. The average molecular weight is 236 g/mol. The maximum atomic E-state index is 11.7. The Morgan fingerprint density at radius 2 is 1.24 bits per heavy atom. The van der Waals surface area contributed by atoms with Crippen LogP contribution in [0, 0.1) is 11.8 Å². The van der Waals surface area contributed by atoms with Gasteiger partial charge in [0, 0.05) is 24.7 Å². The summed E-state index contributed by atoms with van der Waals surface area (Å²) in [6, 6.07) is 0. The van der Waals surface area contributed by atoms with E-state index in [2.05, 4.69) is 0 Å². The van der Waals surface area contributed by atoms with Crippen LogP contribution in [-0.4, -0.2) is 11.6 Å². The minimum absolute atomic E-state index is 0.322. The normalized spacial score (nSPS) is 30.6. The second kappa shape index (κ2) is 6.32. The van der Waals surface area contributed by atoms with Gasteiger partial charge in [-0.15, -0.1) is 0 Å². The monoisotopic (exact) mass is 236 g/mol. The maximum absolute atomic E-state index is 11.7. The van der Waals surface area contributed by atoms with Gasteiger partial charge in [-0.3, -0.25) is 9.59 Å². The summed E-state index contributed by atoms with van der Waals surface area (Å²) < 4.78 is 0. The van der Waals surface area contributed by atoms with Crippen molar-refractivity contribution in [2.45, 2.75) is 70.6 Å². The van der Waals surface area contributed by atoms with Crippen LogP contribution in [-0.2, 0) is 9.59 Å². The van der Waals surface area contributed by atoms with E-state index in [4.69, 9.17) is 0 Å². The maximum Gasteiger partial charge on any atom is 0.135 e. The number of hydrogen-bond donors (Lipinski definition) is 0. The minimum Gasteiger partial charge on any atom is -0.299 e. The summed E-state index contributed by atoms with van der Waals surface area (Å²) in [6.07, 6.45) is 11.6. The van der Waals surface area contributed by atoms with Crippen molar-refractivity contribution in [1.82, 2.24) is 0 Å². The van der Waals surface area contributed by atoms with Crippen LogP contribution >= 0.6 is 0 Å². The van der Waals surface area contributed by atoms with Gasteiger partial charge in [0.05, 0.1) is 0 Å². The Hall–Kier alpha value is -0.660. The summed E-state index contributed by atoms with van der Waals surface area (Å²) in [5.41, 5.74) is 0. The number of Topliss-reactive ketones (excluding diaryl/α,β-unsaturated/α-hetero) is 2. The summed E-state index contributed by atoms with van der Waals surface area (Å²) in [4.78, 5) is 23.3. The molecule has 0 spiro atoms. The second-order valence-corrected chi connectivity index (χ2v) is 5.75. The van der Waals surface area contributed by atoms with Crippen molar-refractivity contribution in [2.75, 3.05) is 0 Å². The number of carbonyl (C=O) groups excluding carboxylic acids is 2. The summed E-state index contributed by atoms with van der Waals surface area (Å²) in [5.74, 6) is 1.60. The van der Waals surface area contributed by atoms with E-state index in [-0.39, 0.29) is 0 Å². The predicted molar refractivity (Wildman–Crippen MR) is 67.8 cm³/mol. The molecule has 2 aliphatic carbocycles. The highest BCUT2D eigenvalue weighted by Crippen LogP contribution is 2.29. The van der Waals surface area contributed by atoms with Crippen molar-refractivity contribution in [2.24, 2.45) is 11.8 Å². The van der Waals surface area contributed by atoms with Crippen molar-refractivity contribution in [1.29, 1.82) is 0 Å². The third-order valence-electron chi connectivity index (χ3n) is 4.47. The molecule has 2 nitrogen and oxygen atoms in total. The standard InChI is InChI=1S/C15H24O2/c16-14-10-3-1-6-12(14)8-5-9-13-7-2-4-11-15(13)17/h12-13H,1-11H2. The Bertz CT molecular complexity index is 255. The number of ketones is 2. The highest BCUT2D eigenvalue weighted by atomic mass is 16.1. The lowest BCUT2D eigenvalue weighted by Gasteiger charge is -2.23. The average Bonchev–Trinajstić information content (AvgIpc) is 2.34. The van der Waals surface area contributed by atoms with Crippen LogP contribution in [0.1, 0.15) is 70.6 Å². The molecule has 2 fully saturated rings. The molecule has 96 valence electrons. The lowest BCUT2D eigenvalue weighted by molar-refractivity contribution is -0.124. The van der Waals surface area contributed by atoms with Crippen molar-refractivity contribution >= 4 is 11.6 Å². The summed E-state index contributed by atoms with van der Waals surface area (Å²) in [7, 11) is 0. The van der Waals surface area contributed by atoms with Gasteiger partial charge in [0.2, 0.25) is 0 Å². The molecular formula is C15H24O2. The molecule has 0 aromatic carbocycles. The van der Waals surface area contributed by atoms with E-state index in [1.807, 2.05) is 0 Å². The summed E-state index contributed by atoms with van der Waals surface area (Å²) in [5, 5.41) is 0. The number of carbonyl (C=O) groups is 2. The fourth-order valence-corrected chi connectivity index (χ4v) is 3.33. The molecule has 2 rings (SSSR count). The smallest absolute Gasteiger partial charge is 0.135 e. The molecule has 0 bridgehead atoms. The van der Waals surface area contributed by atoms with Crippen LogP contribution in [0.25, 0.3) is 0 Å². The predicted octanol–water partition coefficient (Wildman–Crippen LogP) is 3.68. The second-order valence-electron chi connectivity index (χ2n) is 5.75. The molecule has 0 saturated heterocycles. The Labute approximate surface area is 104 Å². The largest absolute Gasteiger partial charge is 0.299 e. The van der Waals surface area contributed by atoms with Crippen LogP contribution in [0.2, 0.25) is 0 Å². The summed E-state index contributed by atoms with van der Waals surface area (Å²) in [6.45, 7) is 0. The molecule has 0 amide bonds. The van der Waals surface area contributed by atoms with E-state index in [0.717, 1.165) is 57.8 Å². The number of hydrogen-bond acceptors (Lipinski definition) is 2. The SMILES string of the molecule is O=C1CCCCC1CCCC1CCCCC1=O. The molecule has 0 aromatic heterocycles. The third kappa shape index (κ3) is 3.65. The fourth-order valence-electron chi connectivity index (χ4n) is 3.33. The van der Waals surface area contributed by atoms with Crippen LogP contribution in [0.5, 0.6) is 0 Å². The first-order valence-corrected chi connectivity index (χ1v) is 7.33. The van der Waals surface area contributed by atoms with Crippen molar-refractivity contribution < 1.29 is 9.59 Å². The van der Waals surface area contributed by atoms with Crippen LogP contribution in [0.15, 0.2) is 0 Å². The first kappa shape index (κ1) is 12.8. The highest BCUT2D eigenvalue weighted by Gasteiger charge is 2.24. The molecule has 0 N–H and O–H groups in total. The van der Waals surface area contributed by atoms with Crippen molar-refractivity contribution in [3.8, 4) is 0 Å². The molecule has 0 aliphatic heterocycles. The van der Waals surface area contributed by atoms with Crippen molar-refractivity contribution in [3.05, 3.63) is 0 Å². The minimum atomic E-state index is 0.322. The van der Waals surface area contributed by atoms with Crippen LogP contribution in [0.4, 0.5) is 0 Å². The van der Waals surface area contributed by atoms with E-state index < -0.39 is 0 Å². The number of rotatable bonds is 4. The molecule has 2 atom stereocenters. The first-order valence-electron chi connectivity index (χ1n) is 7.33. The van der Waals surface area contributed by atoms with Gasteiger partial charge in [-0.05, 0) is 38.5 Å². The lowest BCUT2D eigenvalue weighted by atomic mass is 9.81. The van der Waals surface area contributed by atoms with E-state index in [0.29, 0.717) is 23.4 Å². The first-order chi connectivity index (χ1) is 8.27. The Morgan fingerprint density at radius 1 is 0.765 bits per heavy atom. The van der Waals surface area contributed by atoms with Crippen LogP contribution in [0.3, 0.4) is 0 Å². The van der Waals surface area contributed by atoms with E-state index in [1.165, 1.54) is 12.8 Å². The molecule has 0 heterocycles. The van der Waals surface area contributed by atoms with Gasteiger partial charge in [0.15, 0.2) is 0 Å². The van der Waals surface area contributed by atoms with E-state index >= 15 is 0 Å². The van der Waals surface area contributed by atoms with E-state index in [1.54, 1.807) is 0 Å². The Kier molecular flexibility index (Phi) is 4.75. The van der Waals surface area contributed by atoms with Crippen LogP contribution < -0.4 is 0 Å². The molecule has 2 heteroatoms. The quantitative estimate of drug-likeness (QED) is 0.746. The third-order valence-corrected chi connectivity index (χ3v) is 4.47. The molecular weight excluding hydrogens is 212 g/mol. The van der Waals surface area contributed by atoms with E-state index in [9.17, 15) is 9.59 Å². The van der Waals surface area contributed by atoms with Gasteiger partial charge in [0.1, 0.15) is 11.6 Å². The molecule has 2 aliphatic rings. The van der Waals surface area contributed by atoms with Gasteiger partial charge in [0.25, 0.3) is 0 Å². The topological polar surface area (TPSA) is 34.1 Å². The highest BCUT2D eigenvalue weighted by molar-refractivity contribution is 5.82. The summed E-state index contributed by atoms with van der Waals surface area (Å²) >= 11 is 0. The lowest BCUT2D eigenvalue weighted by Crippen LogP contribution is -2.21. The van der Waals surface area contributed by atoms with Gasteiger partial charge in [-0.25, -0.2) is 0 Å². The molecule has 0 radical (unpaired) electrons. The van der Waals surface area contributed by atoms with Gasteiger partial charge in [-0.1, -0.05) is 19.3 Å².